The van der Waals surface area contributed by atoms with Crippen LogP contribution >= 0.6 is 0 Å². The number of hydrogen-bond donors (Lipinski definition) is 0. The summed E-state index contributed by atoms with van der Waals surface area (Å²) in [5.41, 5.74) is 0.556. The van der Waals surface area contributed by atoms with Gasteiger partial charge in [-0.25, -0.2) is 0 Å². The van der Waals surface area contributed by atoms with Crippen molar-refractivity contribution >= 4 is 12.6 Å². The molecule has 0 N–H and O–H groups in total. The summed E-state index contributed by atoms with van der Waals surface area (Å²) in [6, 6.07) is 0. The molecule has 1 saturated carbocycles. The molecule has 1 saturated heterocycles. The van der Waals surface area contributed by atoms with E-state index in [1.54, 1.807) is 0 Å². The smallest absolute Gasteiger partial charge is 0.534 e. The van der Waals surface area contributed by atoms with Crippen LogP contribution in [-0.2, 0) is 15.9 Å². The summed E-state index contributed by atoms with van der Waals surface area (Å²) in [5.74, 6) is 1.50. The second-order valence-electron chi connectivity index (χ2n) is 5.44. The molecular formula is C12H17BN2O2. The van der Waals surface area contributed by atoms with Gasteiger partial charge in [-0.05, 0) is 32.6 Å². The zero-order chi connectivity index (χ0) is 12.0. The van der Waals surface area contributed by atoms with E-state index < -0.39 is 5.60 Å². The predicted molar refractivity (Wildman–Crippen MR) is 65.7 cm³/mol. The number of aromatic nitrogens is 2. The molecule has 0 aromatic carbocycles. The SMILES string of the molecule is C=C1OB(c2cnn(CC3CC3)c2)OC1(C)C. The Morgan fingerprint density at radius 2 is 2.35 bits per heavy atom. The Labute approximate surface area is 102 Å². The van der Waals surface area contributed by atoms with Crippen LogP contribution in [0.4, 0.5) is 0 Å². The van der Waals surface area contributed by atoms with Crippen LogP contribution < -0.4 is 5.46 Å². The number of nitrogens with zero attached hydrogens (tertiary/aromatic N) is 2. The Bertz CT molecular complexity index is 451. The minimum absolute atomic E-state index is 0.356. The van der Waals surface area contributed by atoms with Crippen LogP contribution in [0.3, 0.4) is 0 Å². The first-order valence-corrected chi connectivity index (χ1v) is 6.11. The molecule has 0 unspecified atom stereocenters. The molecule has 5 heteroatoms. The molecule has 0 amide bonds. The van der Waals surface area contributed by atoms with Crippen LogP contribution in [0.2, 0.25) is 0 Å². The van der Waals surface area contributed by atoms with Gasteiger partial charge in [0, 0.05) is 18.2 Å². The zero-order valence-corrected chi connectivity index (χ0v) is 10.3. The molecule has 1 aliphatic heterocycles. The molecule has 90 valence electrons. The van der Waals surface area contributed by atoms with Crippen LogP contribution in [-0.4, -0.2) is 22.5 Å². The monoisotopic (exact) mass is 232 g/mol. The van der Waals surface area contributed by atoms with Gasteiger partial charge in [0.25, 0.3) is 0 Å². The van der Waals surface area contributed by atoms with E-state index in [0.29, 0.717) is 5.76 Å². The molecule has 1 aliphatic carbocycles. The lowest BCUT2D eigenvalue weighted by Crippen LogP contribution is -2.33. The fourth-order valence-electron chi connectivity index (χ4n) is 1.93. The highest BCUT2D eigenvalue weighted by Crippen LogP contribution is 2.31. The maximum atomic E-state index is 5.81. The molecule has 2 fully saturated rings. The zero-order valence-electron chi connectivity index (χ0n) is 10.3. The molecule has 17 heavy (non-hydrogen) atoms. The first-order chi connectivity index (χ1) is 8.04. The molecular weight excluding hydrogens is 215 g/mol. The quantitative estimate of drug-likeness (QED) is 0.737. The van der Waals surface area contributed by atoms with Crippen molar-refractivity contribution in [2.24, 2.45) is 5.92 Å². The Hall–Kier alpha value is -1.23. The molecule has 0 atom stereocenters. The molecule has 1 aromatic rings. The third kappa shape index (κ3) is 2.11. The second-order valence-corrected chi connectivity index (χ2v) is 5.44. The largest absolute Gasteiger partial charge is 0.566 e. The summed E-state index contributed by atoms with van der Waals surface area (Å²) in [6.45, 7) is 8.81. The van der Waals surface area contributed by atoms with E-state index in [1.165, 1.54) is 12.8 Å². The lowest BCUT2D eigenvalue weighted by Gasteiger charge is -2.15. The van der Waals surface area contributed by atoms with E-state index in [4.69, 9.17) is 9.31 Å². The van der Waals surface area contributed by atoms with Gasteiger partial charge in [0.15, 0.2) is 0 Å². The highest BCUT2D eigenvalue weighted by atomic mass is 16.7. The van der Waals surface area contributed by atoms with Gasteiger partial charge in [0.05, 0.1) is 12.0 Å². The van der Waals surface area contributed by atoms with Gasteiger partial charge in [0.1, 0.15) is 5.60 Å². The van der Waals surface area contributed by atoms with Crippen molar-refractivity contribution in [3.63, 3.8) is 0 Å². The lowest BCUT2D eigenvalue weighted by atomic mass is 9.82. The molecule has 0 bridgehead atoms. The lowest BCUT2D eigenvalue weighted by molar-refractivity contribution is 0.173. The van der Waals surface area contributed by atoms with Crippen molar-refractivity contribution < 1.29 is 9.31 Å². The second kappa shape index (κ2) is 3.63. The summed E-state index contributed by atoms with van der Waals surface area (Å²) in [4.78, 5) is 0. The van der Waals surface area contributed by atoms with E-state index in [0.717, 1.165) is 17.9 Å². The van der Waals surface area contributed by atoms with Crippen LogP contribution in [0, 0.1) is 5.92 Å². The summed E-state index contributed by atoms with van der Waals surface area (Å²) >= 11 is 0. The first kappa shape index (κ1) is 10.9. The third-order valence-electron chi connectivity index (χ3n) is 3.39. The minimum atomic E-state index is -0.413. The Kier molecular flexibility index (Phi) is 2.33. The van der Waals surface area contributed by atoms with Gasteiger partial charge in [0.2, 0.25) is 0 Å². The Morgan fingerprint density at radius 1 is 1.59 bits per heavy atom. The van der Waals surface area contributed by atoms with Gasteiger partial charge in [-0.2, -0.15) is 5.10 Å². The van der Waals surface area contributed by atoms with E-state index in [-0.39, 0.29) is 7.12 Å². The maximum absolute atomic E-state index is 5.81. The van der Waals surface area contributed by atoms with E-state index >= 15 is 0 Å². The maximum Gasteiger partial charge on any atom is 0.566 e. The topological polar surface area (TPSA) is 36.3 Å². The van der Waals surface area contributed by atoms with Crippen molar-refractivity contribution in [2.45, 2.75) is 38.8 Å². The number of rotatable bonds is 3. The fraction of sp³-hybridized carbons (Fsp3) is 0.583. The average Bonchev–Trinajstić information content (AvgIpc) is 2.85. The highest BCUT2D eigenvalue weighted by molar-refractivity contribution is 6.62. The van der Waals surface area contributed by atoms with Gasteiger partial charge >= 0.3 is 7.12 Å². The van der Waals surface area contributed by atoms with Gasteiger partial charge in [-0.3, -0.25) is 4.68 Å². The van der Waals surface area contributed by atoms with Gasteiger partial charge in [-0.15, -0.1) is 0 Å². The first-order valence-electron chi connectivity index (χ1n) is 6.11. The summed E-state index contributed by atoms with van der Waals surface area (Å²) in [7, 11) is -0.356. The van der Waals surface area contributed by atoms with E-state index in [2.05, 4.69) is 11.7 Å². The molecule has 0 radical (unpaired) electrons. The van der Waals surface area contributed by atoms with Crippen LogP contribution in [0.25, 0.3) is 0 Å². The molecule has 0 spiro atoms. The van der Waals surface area contributed by atoms with Crippen molar-refractivity contribution in [3.8, 4) is 0 Å². The Balaban J connectivity index is 1.72. The van der Waals surface area contributed by atoms with Crippen molar-refractivity contribution in [1.29, 1.82) is 0 Å². The van der Waals surface area contributed by atoms with Crippen molar-refractivity contribution in [1.82, 2.24) is 9.78 Å². The predicted octanol–water partition coefficient (Wildman–Crippen LogP) is 1.33. The van der Waals surface area contributed by atoms with Crippen LogP contribution in [0.5, 0.6) is 0 Å². The van der Waals surface area contributed by atoms with Crippen molar-refractivity contribution in [3.05, 3.63) is 24.7 Å². The summed E-state index contributed by atoms with van der Waals surface area (Å²) < 4.78 is 13.4. The van der Waals surface area contributed by atoms with Crippen LogP contribution in [0.15, 0.2) is 24.7 Å². The molecule has 2 aliphatic rings. The molecule has 4 nitrogen and oxygen atoms in total. The minimum Gasteiger partial charge on any atom is -0.534 e. The average molecular weight is 232 g/mol. The van der Waals surface area contributed by atoms with E-state index in [9.17, 15) is 0 Å². The summed E-state index contributed by atoms with van der Waals surface area (Å²) in [5, 5.41) is 4.34. The highest BCUT2D eigenvalue weighted by Gasteiger charge is 2.43. The molecule has 1 aromatic heterocycles. The Morgan fingerprint density at radius 3 is 2.94 bits per heavy atom. The van der Waals surface area contributed by atoms with Crippen LogP contribution in [0.1, 0.15) is 26.7 Å². The van der Waals surface area contributed by atoms with Crippen molar-refractivity contribution in [2.75, 3.05) is 0 Å². The summed E-state index contributed by atoms with van der Waals surface area (Å²) in [6.07, 6.45) is 6.49. The van der Waals surface area contributed by atoms with E-state index in [1.807, 2.05) is 30.9 Å². The fourth-order valence-corrected chi connectivity index (χ4v) is 1.93. The van der Waals surface area contributed by atoms with Gasteiger partial charge in [-0.1, -0.05) is 6.58 Å². The standard InChI is InChI=1S/C12H17BN2O2/c1-9-12(2,3)17-13(16-9)11-6-14-15(8-11)7-10-4-5-10/h6,8,10H,1,4-5,7H2,2-3H3. The number of hydrogen-bond acceptors (Lipinski definition) is 3. The molecule has 3 rings (SSSR count). The molecule has 2 heterocycles. The van der Waals surface area contributed by atoms with Gasteiger partial charge < -0.3 is 9.31 Å². The third-order valence-corrected chi connectivity index (χ3v) is 3.39. The normalized spacial score (nSPS) is 22.9.